The predicted molar refractivity (Wildman–Crippen MR) is 136 cm³/mol. The molecule has 3 rings (SSSR count). The number of urea groups is 1. The molecule has 1 aromatic heterocycles. The molecular formula is C22H32IN7O2. The van der Waals surface area contributed by atoms with Crippen molar-refractivity contribution >= 4 is 41.9 Å². The molecule has 0 spiro atoms. The molecule has 1 aliphatic rings. The van der Waals surface area contributed by atoms with Crippen molar-refractivity contribution in [3.63, 3.8) is 0 Å². The van der Waals surface area contributed by atoms with Crippen molar-refractivity contribution in [2.24, 2.45) is 4.99 Å². The molecule has 9 nitrogen and oxygen atoms in total. The fraction of sp³-hybridized carbons (Fsp3) is 0.455. The molecule has 174 valence electrons. The number of nitrogens with one attached hydrogen (secondary N) is 3. The van der Waals surface area contributed by atoms with Gasteiger partial charge in [0, 0.05) is 39.1 Å². The minimum absolute atomic E-state index is 0. The van der Waals surface area contributed by atoms with Crippen LogP contribution < -0.4 is 16.0 Å². The first-order valence-electron chi connectivity index (χ1n) is 10.6. The molecule has 1 fully saturated rings. The number of aliphatic imine (C=N–C) groups is 1. The molecule has 2 heterocycles. The normalized spacial score (nSPS) is 18.3. The molecule has 3 N–H and O–H groups in total. The van der Waals surface area contributed by atoms with Crippen molar-refractivity contribution in [1.82, 2.24) is 30.6 Å². The van der Waals surface area contributed by atoms with E-state index in [9.17, 15) is 9.59 Å². The Bertz CT molecular complexity index is 915. The molecule has 0 bridgehead atoms. The molecule has 10 heteroatoms. The summed E-state index contributed by atoms with van der Waals surface area (Å²) in [5.41, 5.74) is 1.47. The van der Waals surface area contributed by atoms with E-state index in [1.165, 1.54) is 10.5 Å². The van der Waals surface area contributed by atoms with Crippen LogP contribution in [0.15, 0.2) is 47.7 Å². The summed E-state index contributed by atoms with van der Waals surface area (Å²) in [6, 6.07) is 9.88. The second kappa shape index (κ2) is 11.8. The van der Waals surface area contributed by atoms with Gasteiger partial charge in [0.2, 0.25) is 0 Å². The molecule has 0 saturated carbocycles. The fourth-order valence-electron chi connectivity index (χ4n) is 3.42. The van der Waals surface area contributed by atoms with Gasteiger partial charge in [0.1, 0.15) is 5.54 Å². The van der Waals surface area contributed by atoms with Crippen molar-refractivity contribution in [3.05, 3.63) is 48.3 Å². The lowest BCUT2D eigenvalue weighted by atomic mass is 9.99. The van der Waals surface area contributed by atoms with Crippen LogP contribution in [0.4, 0.5) is 4.79 Å². The Labute approximate surface area is 206 Å². The molecule has 2 aromatic rings. The summed E-state index contributed by atoms with van der Waals surface area (Å²) in [5.74, 6) is 0.546. The van der Waals surface area contributed by atoms with Crippen LogP contribution in [0.1, 0.15) is 32.3 Å². The zero-order chi connectivity index (χ0) is 22.3. The molecule has 1 unspecified atom stereocenters. The molecule has 1 aliphatic heterocycles. The molecular weight excluding hydrogens is 521 g/mol. The maximum atomic E-state index is 12.4. The van der Waals surface area contributed by atoms with E-state index in [2.05, 4.69) is 50.3 Å². The number of aromatic nitrogens is 2. The lowest BCUT2D eigenvalue weighted by Gasteiger charge is -2.19. The first-order chi connectivity index (χ1) is 15.0. The predicted octanol–water partition coefficient (Wildman–Crippen LogP) is 2.31. The third kappa shape index (κ3) is 6.21. The number of imide groups is 1. The second-order valence-corrected chi connectivity index (χ2v) is 7.72. The van der Waals surface area contributed by atoms with Gasteiger partial charge in [0.15, 0.2) is 5.96 Å². The van der Waals surface area contributed by atoms with Gasteiger partial charge in [-0.3, -0.25) is 14.7 Å². The summed E-state index contributed by atoms with van der Waals surface area (Å²) in [6.07, 6.45) is 5.76. The Hall–Kier alpha value is -2.63. The quantitative estimate of drug-likeness (QED) is 0.146. The Morgan fingerprint density at radius 3 is 2.50 bits per heavy atom. The van der Waals surface area contributed by atoms with E-state index in [1.807, 2.05) is 23.9 Å². The van der Waals surface area contributed by atoms with Crippen LogP contribution in [0.5, 0.6) is 0 Å². The summed E-state index contributed by atoms with van der Waals surface area (Å²) in [7, 11) is 1.72. The fourth-order valence-corrected chi connectivity index (χ4v) is 3.42. The van der Waals surface area contributed by atoms with Gasteiger partial charge in [-0.05, 0) is 49.9 Å². The largest absolute Gasteiger partial charge is 0.356 e. The zero-order valence-corrected chi connectivity index (χ0v) is 21.1. The standard InChI is InChI=1S/C22H31N7O2.HI/c1-4-22(2)19(30)28(21(31)27-22)15-5-12-24-20(23-3)25-14-11-17-7-9-18(10-8-17)29-16-6-13-26-29;/h6-10,13,16H,4-5,11-12,14-15H2,1-3H3,(H,27,31)(H2,23,24,25);1H. The van der Waals surface area contributed by atoms with Gasteiger partial charge in [-0.15, -0.1) is 24.0 Å². The van der Waals surface area contributed by atoms with Crippen molar-refractivity contribution in [2.75, 3.05) is 26.7 Å². The Morgan fingerprint density at radius 1 is 1.19 bits per heavy atom. The summed E-state index contributed by atoms with van der Waals surface area (Å²) in [6.45, 7) is 5.39. The highest BCUT2D eigenvalue weighted by atomic mass is 127. The summed E-state index contributed by atoms with van der Waals surface area (Å²) in [5, 5.41) is 13.5. The number of rotatable bonds is 9. The van der Waals surface area contributed by atoms with E-state index >= 15 is 0 Å². The summed E-state index contributed by atoms with van der Waals surface area (Å²) in [4.78, 5) is 30.0. The number of hydrogen-bond donors (Lipinski definition) is 3. The van der Waals surface area contributed by atoms with Gasteiger partial charge in [-0.1, -0.05) is 19.1 Å². The van der Waals surface area contributed by atoms with E-state index in [4.69, 9.17) is 0 Å². The number of benzene rings is 1. The molecule has 0 radical (unpaired) electrons. The molecule has 1 saturated heterocycles. The van der Waals surface area contributed by atoms with Crippen molar-refractivity contribution in [1.29, 1.82) is 0 Å². The SMILES string of the molecule is CCC1(C)NC(=O)N(CCCNC(=NC)NCCc2ccc(-n3cccn3)cc2)C1=O.I. The van der Waals surface area contributed by atoms with Gasteiger partial charge in [0.25, 0.3) is 5.91 Å². The number of hydrogen-bond acceptors (Lipinski definition) is 4. The van der Waals surface area contributed by atoms with Crippen molar-refractivity contribution in [2.45, 2.75) is 38.6 Å². The van der Waals surface area contributed by atoms with Gasteiger partial charge in [0.05, 0.1) is 5.69 Å². The lowest BCUT2D eigenvalue weighted by molar-refractivity contribution is -0.130. The van der Waals surface area contributed by atoms with Gasteiger partial charge in [-0.25, -0.2) is 9.48 Å². The highest BCUT2D eigenvalue weighted by Crippen LogP contribution is 2.20. The third-order valence-corrected chi connectivity index (χ3v) is 5.54. The van der Waals surface area contributed by atoms with Gasteiger partial charge < -0.3 is 16.0 Å². The van der Waals surface area contributed by atoms with Crippen molar-refractivity contribution < 1.29 is 9.59 Å². The molecule has 3 amide bonds. The van der Waals surface area contributed by atoms with Crippen LogP contribution in [0.2, 0.25) is 0 Å². The van der Waals surface area contributed by atoms with E-state index in [-0.39, 0.29) is 35.9 Å². The van der Waals surface area contributed by atoms with E-state index in [1.54, 1.807) is 20.2 Å². The molecule has 32 heavy (non-hydrogen) atoms. The number of carbonyl (C=O) groups is 2. The average molecular weight is 553 g/mol. The minimum atomic E-state index is -0.779. The first kappa shape index (κ1) is 25.6. The zero-order valence-electron chi connectivity index (χ0n) is 18.8. The maximum Gasteiger partial charge on any atom is 0.325 e. The highest BCUT2D eigenvalue weighted by Gasteiger charge is 2.45. The topological polar surface area (TPSA) is 104 Å². The van der Waals surface area contributed by atoms with Gasteiger partial charge >= 0.3 is 6.03 Å². The van der Waals surface area contributed by atoms with E-state index < -0.39 is 5.54 Å². The monoisotopic (exact) mass is 553 g/mol. The molecule has 1 atom stereocenters. The average Bonchev–Trinajstić information content (AvgIpc) is 3.39. The van der Waals surface area contributed by atoms with Crippen LogP contribution in [0, 0.1) is 0 Å². The van der Waals surface area contributed by atoms with Crippen LogP contribution in [0.25, 0.3) is 5.69 Å². The van der Waals surface area contributed by atoms with E-state index in [0.29, 0.717) is 31.9 Å². The second-order valence-electron chi connectivity index (χ2n) is 7.72. The highest BCUT2D eigenvalue weighted by molar-refractivity contribution is 14.0. The van der Waals surface area contributed by atoms with E-state index in [0.717, 1.165) is 18.7 Å². The van der Waals surface area contributed by atoms with Crippen molar-refractivity contribution in [3.8, 4) is 5.69 Å². The number of guanidine groups is 1. The van der Waals surface area contributed by atoms with Crippen LogP contribution in [0.3, 0.4) is 0 Å². The van der Waals surface area contributed by atoms with Crippen LogP contribution in [-0.4, -0.2) is 64.8 Å². The summed E-state index contributed by atoms with van der Waals surface area (Å²) < 4.78 is 1.83. The summed E-state index contributed by atoms with van der Waals surface area (Å²) >= 11 is 0. The maximum absolute atomic E-state index is 12.4. The molecule has 1 aromatic carbocycles. The Kier molecular flexibility index (Phi) is 9.48. The van der Waals surface area contributed by atoms with Gasteiger partial charge in [-0.2, -0.15) is 5.10 Å². The number of carbonyl (C=O) groups excluding carboxylic acids is 2. The minimum Gasteiger partial charge on any atom is -0.356 e. The smallest absolute Gasteiger partial charge is 0.325 e. The Balaban J connectivity index is 0.00000363. The third-order valence-electron chi connectivity index (χ3n) is 5.54. The van der Waals surface area contributed by atoms with Crippen LogP contribution in [-0.2, 0) is 11.2 Å². The number of amides is 3. The lowest BCUT2D eigenvalue weighted by Crippen LogP contribution is -2.43. The molecule has 0 aliphatic carbocycles. The number of halogens is 1. The number of nitrogens with zero attached hydrogens (tertiary/aromatic N) is 4. The van der Waals surface area contributed by atoms with Crippen LogP contribution >= 0.6 is 24.0 Å². The Morgan fingerprint density at radius 2 is 1.91 bits per heavy atom. The first-order valence-corrected chi connectivity index (χ1v) is 10.6.